The van der Waals surface area contributed by atoms with Crippen LogP contribution in [0.2, 0.25) is 0 Å². The summed E-state index contributed by atoms with van der Waals surface area (Å²) < 4.78 is 59.9. The summed E-state index contributed by atoms with van der Waals surface area (Å²) >= 11 is 0. The molecule has 5 rings (SSSR count). The second-order valence-electron chi connectivity index (χ2n) is 8.10. The fourth-order valence-corrected chi connectivity index (χ4v) is 5.08. The number of fused-ring (bicyclic) bond motifs is 3. The predicted molar refractivity (Wildman–Crippen MR) is 106 cm³/mol. The Kier molecular flexibility index (Phi) is 4.86. The normalized spacial score (nSPS) is 23.0. The molecule has 0 amide bonds. The molecule has 2 N–H and O–H groups in total. The van der Waals surface area contributed by atoms with Crippen LogP contribution in [0.1, 0.15) is 34.6 Å². The summed E-state index contributed by atoms with van der Waals surface area (Å²) in [6.45, 7) is 3.57. The molecule has 0 aliphatic carbocycles. The number of piperidine rings is 1. The number of hydrogen-bond acceptors (Lipinski definition) is 4. The van der Waals surface area contributed by atoms with Gasteiger partial charge >= 0.3 is 6.18 Å². The van der Waals surface area contributed by atoms with Gasteiger partial charge in [-0.25, -0.2) is 4.39 Å². The molecule has 0 spiro atoms. The van der Waals surface area contributed by atoms with Gasteiger partial charge in [-0.15, -0.1) is 0 Å². The molecule has 2 aromatic rings. The summed E-state index contributed by atoms with van der Waals surface area (Å²) in [5.74, 6) is -0.519. The van der Waals surface area contributed by atoms with Crippen LogP contribution < -0.4 is 15.5 Å². The van der Waals surface area contributed by atoms with Gasteiger partial charge in [-0.1, -0.05) is 6.07 Å². The standard InChI is InChI=1S/C22H23F4N3O/c23-19-3-1-2-18(22(24,25)26)17(19)11-28-14-8-13-12-30-7-6-29-20-4-5-27-10-16(20)15(9-14)21(13)29/h1-3,8-9,16,20,27-28H,4-7,10-12H2/t16-,20-/m0/s1. The smallest absolute Gasteiger partial charge is 0.381 e. The molecule has 2 atom stereocenters. The first-order chi connectivity index (χ1) is 14.4. The topological polar surface area (TPSA) is 36.5 Å². The molecule has 8 heteroatoms. The van der Waals surface area contributed by atoms with Crippen molar-refractivity contribution >= 4 is 11.4 Å². The molecule has 0 unspecified atom stereocenters. The Morgan fingerprint density at radius 3 is 2.93 bits per heavy atom. The number of ether oxygens (including phenoxy) is 1. The summed E-state index contributed by atoms with van der Waals surface area (Å²) in [4.78, 5) is 2.44. The molecule has 3 aliphatic rings. The van der Waals surface area contributed by atoms with Crippen LogP contribution in [0, 0.1) is 5.82 Å². The Hall–Kier alpha value is -2.32. The van der Waals surface area contributed by atoms with Gasteiger partial charge in [-0.3, -0.25) is 0 Å². The van der Waals surface area contributed by atoms with E-state index >= 15 is 0 Å². The monoisotopic (exact) mass is 421 g/mol. The summed E-state index contributed by atoms with van der Waals surface area (Å²) in [7, 11) is 0. The Morgan fingerprint density at radius 1 is 1.23 bits per heavy atom. The fraction of sp³-hybridized carbons (Fsp3) is 0.455. The molecular weight excluding hydrogens is 398 g/mol. The largest absolute Gasteiger partial charge is 0.416 e. The maximum absolute atomic E-state index is 14.2. The highest BCUT2D eigenvalue weighted by Gasteiger charge is 2.42. The van der Waals surface area contributed by atoms with Crippen molar-refractivity contribution < 1.29 is 22.3 Å². The summed E-state index contributed by atoms with van der Waals surface area (Å²) in [6, 6.07) is 7.43. The molecule has 30 heavy (non-hydrogen) atoms. The van der Waals surface area contributed by atoms with Crippen molar-refractivity contribution in [2.45, 2.75) is 37.7 Å². The molecule has 2 aromatic carbocycles. The molecule has 4 nitrogen and oxygen atoms in total. The van der Waals surface area contributed by atoms with E-state index in [0.717, 1.165) is 49.8 Å². The number of nitrogens with zero attached hydrogens (tertiary/aromatic N) is 1. The number of halogens is 4. The molecule has 0 bridgehead atoms. The quantitative estimate of drug-likeness (QED) is 0.727. The predicted octanol–water partition coefficient (Wildman–Crippen LogP) is 4.25. The van der Waals surface area contributed by atoms with Crippen LogP contribution in [-0.4, -0.2) is 32.3 Å². The van der Waals surface area contributed by atoms with Gasteiger partial charge < -0.3 is 20.3 Å². The van der Waals surface area contributed by atoms with Gasteiger partial charge in [0, 0.05) is 54.1 Å². The van der Waals surface area contributed by atoms with Gasteiger partial charge in [0.1, 0.15) is 5.82 Å². The Morgan fingerprint density at radius 2 is 2.10 bits per heavy atom. The number of nitrogens with one attached hydrogen (secondary N) is 2. The lowest BCUT2D eigenvalue weighted by Crippen LogP contribution is -2.44. The SMILES string of the molecule is Fc1cccc(C(F)(F)F)c1CNc1cc2c3c(c1)[C@@H]1CNCC[C@@H]1N3CCOC2. The number of benzene rings is 2. The minimum atomic E-state index is -4.60. The second-order valence-corrected chi connectivity index (χ2v) is 8.10. The van der Waals surface area contributed by atoms with Crippen molar-refractivity contribution in [1.29, 1.82) is 0 Å². The molecule has 1 saturated heterocycles. The zero-order chi connectivity index (χ0) is 20.9. The number of rotatable bonds is 3. The van der Waals surface area contributed by atoms with Gasteiger partial charge in [-0.2, -0.15) is 13.2 Å². The van der Waals surface area contributed by atoms with Crippen LogP contribution in [0.15, 0.2) is 30.3 Å². The van der Waals surface area contributed by atoms with E-state index in [2.05, 4.69) is 15.5 Å². The molecule has 1 fully saturated rings. The average molecular weight is 421 g/mol. The van der Waals surface area contributed by atoms with E-state index in [1.807, 2.05) is 12.1 Å². The van der Waals surface area contributed by atoms with E-state index in [-0.39, 0.29) is 12.1 Å². The molecule has 0 saturated carbocycles. The third-order valence-corrected chi connectivity index (χ3v) is 6.38. The lowest BCUT2D eigenvalue weighted by Gasteiger charge is -2.33. The molecule has 160 valence electrons. The van der Waals surface area contributed by atoms with Crippen molar-refractivity contribution in [1.82, 2.24) is 5.32 Å². The summed E-state index contributed by atoms with van der Waals surface area (Å²) in [6.07, 6.45) is -3.55. The highest BCUT2D eigenvalue weighted by atomic mass is 19.4. The lowest BCUT2D eigenvalue weighted by atomic mass is 9.89. The number of alkyl halides is 3. The number of hydrogen-bond donors (Lipinski definition) is 2. The van der Waals surface area contributed by atoms with E-state index in [1.165, 1.54) is 11.3 Å². The van der Waals surface area contributed by atoms with Crippen LogP contribution in [0.4, 0.5) is 28.9 Å². The van der Waals surface area contributed by atoms with E-state index in [9.17, 15) is 17.6 Å². The highest BCUT2D eigenvalue weighted by Crippen LogP contribution is 2.47. The molecular formula is C22H23F4N3O. The van der Waals surface area contributed by atoms with Crippen molar-refractivity contribution in [3.8, 4) is 0 Å². The molecule has 0 aromatic heterocycles. The third kappa shape index (κ3) is 3.32. The Bertz CT molecular complexity index is 962. The van der Waals surface area contributed by atoms with Gasteiger partial charge in [0.2, 0.25) is 0 Å². The average Bonchev–Trinajstić information content (AvgIpc) is 2.88. The zero-order valence-corrected chi connectivity index (χ0v) is 16.4. The number of anilines is 2. The van der Waals surface area contributed by atoms with Gasteiger partial charge in [0.25, 0.3) is 0 Å². The highest BCUT2D eigenvalue weighted by molar-refractivity contribution is 5.72. The molecule has 3 heterocycles. The lowest BCUT2D eigenvalue weighted by molar-refractivity contribution is -0.138. The van der Waals surface area contributed by atoms with E-state index in [0.29, 0.717) is 30.9 Å². The first kappa shape index (κ1) is 19.6. The van der Waals surface area contributed by atoms with E-state index in [4.69, 9.17) is 4.74 Å². The van der Waals surface area contributed by atoms with Crippen LogP contribution in [0.3, 0.4) is 0 Å². The zero-order valence-electron chi connectivity index (χ0n) is 16.4. The second kappa shape index (κ2) is 7.42. The molecule has 3 aliphatic heterocycles. The Labute approximate surface area is 172 Å². The van der Waals surface area contributed by atoms with Crippen molar-refractivity contribution in [3.63, 3.8) is 0 Å². The van der Waals surface area contributed by atoms with Gasteiger partial charge in [0.15, 0.2) is 0 Å². The fourth-order valence-electron chi connectivity index (χ4n) is 5.08. The maximum Gasteiger partial charge on any atom is 0.416 e. The van der Waals surface area contributed by atoms with Crippen LogP contribution in [0.25, 0.3) is 0 Å². The van der Waals surface area contributed by atoms with Gasteiger partial charge in [0.05, 0.1) is 18.8 Å². The van der Waals surface area contributed by atoms with Crippen LogP contribution >= 0.6 is 0 Å². The first-order valence-electron chi connectivity index (χ1n) is 10.2. The minimum absolute atomic E-state index is 0.239. The molecule has 0 radical (unpaired) electrons. The van der Waals surface area contributed by atoms with Crippen LogP contribution in [-0.2, 0) is 24.1 Å². The van der Waals surface area contributed by atoms with Crippen molar-refractivity contribution in [2.75, 3.05) is 36.5 Å². The minimum Gasteiger partial charge on any atom is -0.381 e. The first-order valence-corrected chi connectivity index (χ1v) is 10.2. The van der Waals surface area contributed by atoms with Crippen molar-refractivity contribution in [3.05, 3.63) is 58.4 Å². The van der Waals surface area contributed by atoms with E-state index < -0.39 is 17.6 Å². The summed E-state index contributed by atoms with van der Waals surface area (Å²) in [5.41, 5.74) is 2.82. The third-order valence-electron chi connectivity index (χ3n) is 6.38. The van der Waals surface area contributed by atoms with E-state index in [1.54, 1.807) is 0 Å². The van der Waals surface area contributed by atoms with Gasteiger partial charge in [-0.05, 0) is 42.8 Å². The maximum atomic E-state index is 14.2. The van der Waals surface area contributed by atoms with Crippen LogP contribution in [0.5, 0.6) is 0 Å². The Balaban J connectivity index is 1.48. The van der Waals surface area contributed by atoms with Crippen molar-refractivity contribution in [2.24, 2.45) is 0 Å². The summed E-state index contributed by atoms with van der Waals surface area (Å²) in [5, 5.41) is 6.49.